The van der Waals surface area contributed by atoms with Gasteiger partial charge in [-0.05, 0) is 30.0 Å². The fourth-order valence-corrected chi connectivity index (χ4v) is 1.41. The molecule has 0 bridgehead atoms. The van der Waals surface area contributed by atoms with Gasteiger partial charge in [-0.2, -0.15) is 0 Å². The first-order valence-corrected chi connectivity index (χ1v) is 5.57. The zero-order valence-electron chi connectivity index (χ0n) is 10.3. The van der Waals surface area contributed by atoms with E-state index in [4.69, 9.17) is 0 Å². The molecule has 17 heavy (non-hydrogen) atoms. The highest BCUT2D eigenvalue weighted by atomic mass is 16.5. The van der Waals surface area contributed by atoms with Crippen LogP contribution in [0.3, 0.4) is 0 Å². The summed E-state index contributed by atoms with van der Waals surface area (Å²) >= 11 is 0. The Morgan fingerprint density at radius 2 is 1.88 bits per heavy atom. The molecule has 0 saturated carbocycles. The number of ether oxygens (including phenoxy) is 1. The molecule has 0 aliphatic carbocycles. The summed E-state index contributed by atoms with van der Waals surface area (Å²) in [5, 5.41) is 2.46. The number of hydrogen-bond donors (Lipinski definition) is 1. The molecule has 1 amide bonds. The van der Waals surface area contributed by atoms with Crippen LogP contribution in [0.4, 0.5) is 5.69 Å². The van der Waals surface area contributed by atoms with Crippen LogP contribution in [0.2, 0.25) is 0 Å². The topological polar surface area (TPSA) is 55.4 Å². The number of carbonyl (C=O) groups excluding carboxylic acids is 2. The molecule has 0 radical (unpaired) electrons. The highest BCUT2D eigenvalue weighted by Crippen LogP contribution is 2.20. The minimum Gasteiger partial charge on any atom is -0.462 e. The average molecular weight is 235 g/mol. The Morgan fingerprint density at radius 1 is 1.29 bits per heavy atom. The van der Waals surface area contributed by atoms with Crippen LogP contribution in [0.1, 0.15) is 31.7 Å². The van der Waals surface area contributed by atoms with Gasteiger partial charge in [-0.3, -0.25) is 4.79 Å². The maximum Gasteiger partial charge on any atom is 0.396 e. The molecule has 0 aliphatic heterocycles. The Labute approximate surface area is 101 Å². The normalized spacial score (nSPS) is 11.7. The van der Waals surface area contributed by atoms with Gasteiger partial charge in [0.2, 0.25) is 0 Å². The molecule has 0 heterocycles. The summed E-state index contributed by atoms with van der Waals surface area (Å²) in [7, 11) is 1.17. The molecule has 1 aromatic carbocycles. The minimum atomic E-state index is -0.893. The van der Waals surface area contributed by atoms with Gasteiger partial charge in [0.05, 0.1) is 7.11 Å². The van der Waals surface area contributed by atoms with Crippen LogP contribution in [0.5, 0.6) is 0 Å². The molecule has 1 N–H and O–H groups in total. The summed E-state index contributed by atoms with van der Waals surface area (Å²) in [4.78, 5) is 22.1. The van der Waals surface area contributed by atoms with Gasteiger partial charge in [0.1, 0.15) is 0 Å². The number of esters is 1. The van der Waals surface area contributed by atoms with E-state index in [1.165, 1.54) is 12.7 Å². The van der Waals surface area contributed by atoms with Gasteiger partial charge in [0.25, 0.3) is 0 Å². The van der Waals surface area contributed by atoms with Crippen molar-refractivity contribution < 1.29 is 14.3 Å². The van der Waals surface area contributed by atoms with Crippen molar-refractivity contribution in [2.24, 2.45) is 0 Å². The Hall–Kier alpha value is -1.84. The summed E-state index contributed by atoms with van der Waals surface area (Å²) in [6.07, 6.45) is 1.06. The first-order chi connectivity index (χ1) is 8.08. The van der Waals surface area contributed by atoms with Gasteiger partial charge in [-0.25, -0.2) is 4.79 Å². The van der Waals surface area contributed by atoms with Crippen LogP contribution in [-0.4, -0.2) is 19.0 Å². The largest absolute Gasteiger partial charge is 0.462 e. The summed E-state index contributed by atoms with van der Waals surface area (Å²) < 4.78 is 4.31. The smallest absolute Gasteiger partial charge is 0.396 e. The second-order valence-corrected chi connectivity index (χ2v) is 3.88. The molecule has 1 unspecified atom stereocenters. The summed E-state index contributed by atoms with van der Waals surface area (Å²) in [5.41, 5.74) is 1.80. The predicted octanol–water partition coefficient (Wildman–Crippen LogP) is 2.31. The van der Waals surface area contributed by atoms with E-state index in [9.17, 15) is 9.59 Å². The lowest BCUT2D eigenvalue weighted by Crippen LogP contribution is -2.23. The first kappa shape index (κ1) is 13.2. The van der Waals surface area contributed by atoms with E-state index < -0.39 is 11.9 Å². The summed E-state index contributed by atoms with van der Waals surface area (Å²) in [6, 6.07) is 7.45. The minimum absolute atomic E-state index is 0.486. The van der Waals surface area contributed by atoms with Crippen molar-refractivity contribution in [3.8, 4) is 0 Å². The standard InChI is InChI=1S/C13H17NO3/c1-4-9(2)10-5-7-11(8-6-10)14-12(15)13(16)17-3/h5-9H,4H2,1-3H3,(H,14,15). The second-order valence-electron chi connectivity index (χ2n) is 3.88. The van der Waals surface area contributed by atoms with Crippen molar-refractivity contribution >= 4 is 17.6 Å². The zero-order valence-corrected chi connectivity index (χ0v) is 10.3. The first-order valence-electron chi connectivity index (χ1n) is 5.57. The van der Waals surface area contributed by atoms with Crippen LogP contribution in [0.15, 0.2) is 24.3 Å². The quantitative estimate of drug-likeness (QED) is 0.646. The van der Waals surface area contributed by atoms with Gasteiger partial charge in [0.15, 0.2) is 0 Å². The van der Waals surface area contributed by atoms with Crippen molar-refractivity contribution in [1.29, 1.82) is 0 Å². The van der Waals surface area contributed by atoms with Gasteiger partial charge >= 0.3 is 11.9 Å². The fourth-order valence-electron chi connectivity index (χ4n) is 1.41. The number of rotatable bonds is 3. The van der Waals surface area contributed by atoms with Crippen molar-refractivity contribution in [3.05, 3.63) is 29.8 Å². The maximum absolute atomic E-state index is 11.2. The molecule has 0 fully saturated rings. The van der Waals surface area contributed by atoms with E-state index in [0.29, 0.717) is 11.6 Å². The molecule has 0 spiro atoms. The fraction of sp³-hybridized carbons (Fsp3) is 0.385. The van der Waals surface area contributed by atoms with Crippen molar-refractivity contribution in [2.45, 2.75) is 26.2 Å². The molecule has 1 rings (SSSR count). The molecule has 1 aromatic rings. The molecule has 92 valence electrons. The molecular weight excluding hydrogens is 218 g/mol. The van der Waals surface area contributed by atoms with E-state index in [1.807, 2.05) is 12.1 Å². The lowest BCUT2D eigenvalue weighted by atomic mass is 9.99. The van der Waals surface area contributed by atoms with E-state index in [2.05, 4.69) is 23.9 Å². The number of benzene rings is 1. The lowest BCUT2D eigenvalue weighted by molar-refractivity contribution is -0.150. The van der Waals surface area contributed by atoms with Crippen LogP contribution < -0.4 is 5.32 Å². The van der Waals surface area contributed by atoms with Crippen LogP contribution in [0, 0.1) is 0 Å². The second kappa shape index (κ2) is 6.03. The number of hydrogen-bond acceptors (Lipinski definition) is 3. The van der Waals surface area contributed by atoms with Gasteiger partial charge < -0.3 is 10.1 Å². The SMILES string of the molecule is CCC(C)c1ccc(NC(=O)C(=O)OC)cc1. The summed E-state index contributed by atoms with van der Waals surface area (Å²) in [6.45, 7) is 4.26. The third kappa shape index (κ3) is 3.59. The monoisotopic (exact) mass is 235 g/mol. The number of nitrogens with one attached hydrogen (secondary N) is 1. The number of amides is 1. The predicted molar refractivity (Wildman–Crippen MR) is 65.8 cm³/mol. The molecule has 4 nitrogen and oxygen atoms in total. The van der Waals surface area contributed by atoms with E-state index in [1.54, 1.807) is 12.1 Å². The lowest BCUT2D eigenvalue weighted by Gasteiger charge is -2.10. The van der Waals surface area contributed by atoms with E-state index in [0.717, 1.165) is 6.42 Å². The van der Waals surface area contributed by atoms with Gasteiger partial charge in [0, 0.05) is 5.69 Å². The average Bonchev–Trinajstić information content (AvgIpc) is 2.37. The van der Waals surface area contributed by atoms with Crippen molar-refractivity contribution in [1.82, 2.24) is 0 Å². The Balaban J connectivity index is 2.69. The number of methoxy groups -OCH3 is 1. The third-order valence-corrected chi connectivity index (χ3v) is 2.72. The van der Waals surface area contributed by atoms with E-state index in [-0.39, 0.29) is 0 Å². The number of carbonyl (C=O) groups is 2. The third-order valence-electron chi connectivity index (χ3n) is 2.72. The molecule has 0 aliphatic rings. The van der Waals surface area contributed by atoms with Crippen LogP contribution in [-0.2, 0) is 14.3 Å². The Kier molecular flexibility index (Phi) is 4.69. The van der Waals surface area contributed by atoms with Crippen molar-refractivity contribution in [2.75, 3.05) is 12.4 Å². The van der Waals surface area contributed by atoms with Crippen LogP contribution in [0.25, 0.3) is 0 Å². The Morgan fingerprint density at radius 3 is 2.35 bits per heavy atom. The molecule has 4 heteroatoms. The molecule has 0 aromatic heterocycles. The number of anilines is 1. The zero-order chi connectivity index (χ0) is 12.8. The molecule has 0 saturated heterocycles. The molecular formula is C13H17NO3. The van der Waals surface area contributed by atoms with Crippen molar-refractivity contribution in [3.63, 3.8) is 0 Å². The molecule has 1 atom stereocenters. The highest BCUT2D eigenvalue weighted by Gasteiger charge is 2.13. The van der Waals surface area contributed by atoms with Gasteiger partial charge in [-0.15, -0.1) is 0 Å². The maximum atomic E-state index is 11.2. The van der Waals surface area contributed by atoms with Crippen LogP contribution >= 0.6 is 0 Å². The highest BCUT2D eigenvalue weighted by molar-refractivity contribution is 6.37. The summed E-state index contributed by atoms with van der Waals surface area (Å²) in [5.74, 6) is -1.17. The van der Waals surface area contributed by atoms with Gasteiger partial charge in [-0.1, -0.05) is 26.0 Å². The Bertz CT molecular complexity index is 398. The van der Waals surface area contributed by atoms with E-state index >= 15 is 0 Å².